The van der Waals surface area contributed by atoms with Gasteiger partial charge in [-0.2, -0.15) is 5.10 Å². The standard InChI is InChI=1S/C25H24Cl2N4O5S/c1-3-36-21-9-5-17(6-10-21)24-13-19(29-30(24)23-11-7-18(26)12-22(23)27)15-28-37(34,35)25-14-20(31(32)33)8-4-16(25)2/h4-12,14,24,28H,3,13,15H2,1-2H3. The maximum Gasteiger partial charge on any atom is 0.270 e. The van der Waals surface area contributed by atoms with E-state index in [0.29, 0.717) is 40.0 Å². The fourth-order valence-corrected chi connectivity index (χ4v) is 5.80. The summed E-state index contributed by atoms with van der Waals surface area (Å²) in [6.45, 7) is 3.95. The van der Waals surface area contributed by atoms with Gasteiger partial charge in [0.2, 0.25) is 10.0 Å². The van der Waals surface area contributed by atoms with Crippen molar-refractivity contribution in [1.82, 2.24) is 4.72 Å². The van der Waals surface area contributed by atoms with Crippen LogP contribution in [0.2, 0.25) is 10.0 Å². The summed E-state index contributed by atoms with van der Waals surface area (Å²) in [7, 11) is -4.04. The van der Waals surface area contributed by atoms with Gasteiger partial charge in [0.15, 0.2) is 0 Å². The number of rotatable bonds is 9. The molecule has 0 spiro atoms. The molecule has 194 valence electrons. The minimum absolute atomic E-state index is 0.0836. The number of anilines is 1. The van der Waals surface area contributed by atoms with Gasteiger partial charge in [-0.05, 0) is 55.3 Å². The molecule has 1 atom stereocenters. The van der Waals surface area contributed by atoms with Crippen molar-refractivity contribution in [3.63, 3.8) is 0 Å². The highest BCUT2D eigenvalue weighted by atomic mass is 35.5. The summed E-state index contributed by atoms with van der Waals surface area (Å²) in [6.07, 6.45) is 0.420. The van der Waals surface area contributed by atoms with Gasteiger partial charge in [0.1, 0.15) is 5.75 Å². The van der Waals surface area contributed by atoms with E-state index in [1.807, 2.05) is 31.2 Å². The van der Waals surface area contributed by atoms with E-state index in [9.17, 15) is 18.5 Å². The Morgan fingerprint density at radius 3 is 2.51 bits per heavy atom. The number of aryl methyl sites for hydroxylation is 1. The van der Waals surface area contributed by atoms with Crippen LogP contribution >= 0.6 is 23.2 Å². The first kappa shape index (κ1) is 26.9. The van der Waals surface area contributed by atoms with Crippen molar-refractivity contribution in [3.8, 4) is 5.75 Å². The highest BCUT2D eigenvalue weighted by Gasteiger charge is 2.31. The van der Waals surface area contributed by atoms with Crippen LogP contribution in [0.15, 0.2) is 70.7 Å². The Morgan fingerprint density at radius 1 is 1.14 bits per heavy atom. The van der Waals surface area contributed by atoms with E-state index in [0.717, 1.165) is 17.4 Å². The highest BCUT2D eigenvalue weighted by molar-refractivity contribution is 7.89. The number of nitro groups is 1. The molecule has 0 saturated carbocycles. The van der Waals surface area contributed by atoms with E-state index in [1.54, 1.807) is 30.1 Å². The van der Waals surface area contributed by atoms with E-state index in [2.05, 4.69) is 9.82 Å². The van der Waals surface area contributed by atoms with E-state index >= 15 is 0 Å². The highest BCUT2D eigenvalue weighted by Crippen LogP contribution is 2.40. The van der Waals surface area contributed by atoms with Crippen molar-refractivity contribution in [2.75, 3.05) is 18.2 Å². The third-order valence-electron chi connectivity index (χ3n) is 5.84. The molecule has 3 aromatic carbocycles. The fourth-order valence-electron chi connectivity index (χ4n) is 4.03. The number of non-ortho nitro benzene ring substituents is 1. The van der Waals surface area contributed by atoms with Crippen LogP contribution in [-0.4, -0.2) is 32.2 Å². The number of benzene rings is 3. The Balaban J connectivity index is 1.62. The zero-order valence-corrected chi connectivity index (χ0v) is 22.3. The van der Waals surface area contributed by atoms with E-state index in [4.69, 9.17) is 27.9 Å². The van der Waals surface area contributed by atoms with Gasteiger partial charge in [-0.3, -0.25) is 15.1 Å². The van der Waals surface area contributed by atoms with Gasteiger partial charge in [-0.1, -0.05) is 41.4 Å². The number of nitrogens with zero attached hydrogens (tertiary/aromatic N) is 3. The Bertz CT molecular complexity index is 1460. The Kier molecular flexibility index (Phi) is 8.03. The molecule has 4 rings (SSSR count). The van der Waals surface area contributed by atoms with Crippen LogP contribution < -0.4 is 14.5 Å². The van der Waals surface area contributed by atoms with Crippen LogP contribution in [0.4, 0.5) is 11.4 Å². The first-order valence-corrected chi connectivity index (χ1v) is 13.6. The van der Waals surface area contributed by atoms with E-state index in [1.165, 1.54) is 12.1 Å². The average molecular weight is 563 g/mol. The third kappa shape index (κ3) is 6.04. The number of halogens is 2. The molecular formula is C25H24Cl2N4O5S. The van der Waals surface area contributed by atoms with Crippen LogP contribution in [0.3, 0.4) is 0 Å². The lowest BCUT2D eigenvalue weighted by Gasteiger charge is -2.25. The number of sulfonamides is 1. The summed E-state index contributed by atoms with van der Waals surface area (Å²) < 4.78 is 34.1. The van der Waals surface area contributed by atoms with Gasteiger partial charge < -0.3 is 4.74 Å². The number of nitrogens with one attached hydrogen (secondary N) is 1. The number of hydrazone groups is 1. The zero-order chi connectivity index (χ0) is 26.7. The number of nitro benzene ring substituents is 1. The second kappa shape index (κ2) is 11.1. The lowest BCUT2D eigenvalue weighted by molar-refractivity contribution is -0.385. The third-order valence-corrected chi connectivity index (χ3v) is 7.93. The maximum absolute atomic E-state index is 13.0. The minimum Gasteiger partial charge on any atom is -0.494 e. The molecule has 1 N–H and O–H groups in total. The number of hydrogen-bond donors (Lipinski definition) is 1. The predicted molar refractivity (Wildman–Crippen MR) is 144 cm³/mol. The van der Waals surface area contributed by atoms with Gasteiger partial charge in [-0.15, -0.1) is 0 Å². The molecule has 0 amide bonds. The van der Waals surface area contributed by atoms with E-state index in [-0.39, 0.29) is 23.2 Å². The minimum atomic E-state index is -4.04. The van der Waals surface area contributed by atoms with Crippen molar-refractivity contribution in [2.45, 2.75) is 31.2 Å². The zero-order valence-electron chi connectivity index (χ0n) is 20.0. The SMILES string of the molecule is CCOc1ccc(C2CC(CNS(=O)(=O)c3cc([N+](=O)[O-])ccc3C)=NN2c2ccc(Cl)cc2Cl)cc1. The molecular weight excluding hydrogens is 539 g/mol. The molecule has 1 unspecified atom stereocenters. The van der Waals surface area contributed by atoms with Crippen molar-refractivity contribution >= 4 is 50.3 Å². The topological polar surface area (TPSA) is 114 Å². The normalized spacial score (nSPS) is 15.5. The molecule has 0 aromatic heterocycles. The molecule has 1 aliphatic rings. The summed E-state index contributed by atoms with van der Waals surface area (Å²) in [5.41, 5.74) is 2.22. The lowest BCUT2D eigenvalue weighted by Crippen LogP contribution is -2.29. The lowest BCUT2D eigenvalue weighted by atomic mass is 10.0. The second-order valence-corrected chi connectivity index (χ2v) is 10.9. The monoisotopic (exact) mass is 562 g/mol. The summed E-state index contributed by atoms with van der Waals surface area (Å²) in [4.78, 5) is 10.4. The van der Waals surface area contributed by atoms with Crippen LogP contribution in [0, 0.1) is 17.0 Å². The quantitative estimate of drug-likeness (QED) is 0.256. The number of ether oxygens (including phenoxy) is 1. The van der Waals surface area contributed by atoms with Gasteiger partial charge in [0, 0.05) is 23.6 Å². The molecule has 1 heterocycles. The molecule has 0 fully saturated rings. The smallest absolute Gasteiger partial charge is 0.270 e. The number of hydrogen-bond acceptors (Lipinski definition) is 7. The van der Waals surface area contributed by atoms with Gasteiger partial charge in [0.05, 0.1) is 45.4 Å². The molecule has 37 heavy (non-hydrogen) atoms. The van der Waals surface area contributed by atoms with Gasteiger partial charge in [0.25, 0.3) is 5.69 Å². The molecule has 3 aromatic rings. The molecule has 1 aliphatic heterocycles. The Labute approximate surface area is 224 Å². The summed E-state index contributed by atoms with van der Waals surface area (Å²) in [5.74, 6) is 0.738. The molecule has 0 radical (unpaired) electrons. The van der Waals surface area contributed by atoms with Gasteiger partial charge in [-0.25, -0.2) is 13.1 Å². The maximum atomic E-state index is 13.0. The van der Waals surface area contributed by atoms with Crippen molar-refractivity contribution in [2.24, 2.45) is 5.10 Å². The molecule has 12 heteroatoms. The van der Waals surface area contributed by atoms with Crippen molar-refractivity contribution in [1.29, 1.82) is 0 Å². The second-order valence-electron chi connectivity index (χ2n) is 8.36. The molecule has 0 saturated heterocycles. The largest absolute Gasteiger partial charge is 0.494 e. The first-order valence-electron chi connectivity index (χ1n) is 11.4. The summed E-state index contributed by atoms with van der Waals surface area (Å²) in [5, 5.41) is 18.5. The molecule has 0 aliphatic carbocycles. The first-order chi connectivity index (χ1) is 17.6. The van der Waals surface area contributed by atoms with Crippen molar-refractivity contribution < 1.29 is 18.1 Å². The summed E-state index contributed by atoms with van der Waals surface area (Å²) in [6, 6.07) is 16.2. The van der Waals surface area contributed by atoms with Crippen molar-refractivity contribution in [3.05, 3.63) is 92.0 Å². The molecule has 9 nitrogen and oxygen atoms in total. The van der Waals surface area contributed by atoms with Crippen LogP contribution in [-0.2, 0) is 10.0 Å². The Morgan fingerprint density at radius 2 is 1.86 bits per heavy atom. The Hall–Kier alpha value is -3.18. The summed E-state index contributed by atoms with van der Waals surface area (Å²) >= 11 is 12.6. The predicted octanol–water partition coefficient (Wildman–Crippen LogP) is 5.89. The van der Waals surface area contributed by atoms with E-state index < -0.39 is 14.9 Å². The average Bonchev–Trinajstić information content (AvgIpc) is 3.27. The van der Waals surface area contributed by atoms with Crippen LogP contribution in [0.25, 0.3) is 0 Å². The molecule has 0 bridgehead atoms. The van der Waals surface area contributed by atoms with Crippen LogP contribution in [0.5, 0.6) is 5.75 Å². The fraction of sp³-hybridized carbons (Fsp3) is 0.240. The van der Waals surface area contributed by atoms with Crippen LogP contribution in [0.1, 0.15) is 30.5 Å². The van der Waals surface area contributed by atoms with Gasteiger partial charge >= 0.3 is 0 Å².